The molecule has 0 radical (unpaired) electrons. The summed E-state index contributed by atoms with van der Waals surface area (Å²) >= 11 is 0. The van der Waals surface area contributed by atoms with Crippen LogP contribution in [-0.2, 0) is 0 Å². The molecule has 0 amide bonds. The van der Waals surface area contributed by atoms with Crippen LogP contribution in [0.15, 0.2) is 18.3 Å². The van der Waals surface area contributed by atoms with Crippen molar-refractivity contribution < 1.29 is 4.92 Å². The molecule has 0 saturated heterocycles. The zero-order valence-corrected chi connectivity index (χ0v) is 9.06. The van der Waals surface area contributed by atoms with E-state index in [1.807, 2.05) is 0 Å². The van der Waals surface area contributed by atoms with Gasteiger partial charge >= 0.3 is 5.69 Å². The highest BCUT2D eigenvalue weighted by molar-refractivity contribution is 5.54. The first kappa shape index (κ1) is 10.9. The van der Waals surface area contributed by atoms with Crippen molar-refractivity contribution in [2.45, 2.75) is 25.7 Å². The van der Waals surface area contributed by atoms with E-state index >= 15 is 0 Å². The molecule has 1 fully saturated rings. The zero-order chi connectivity index (χ0) is 11.4. The molecule has 0 aliphatic heterocycles. The Morgan fingerprint density at radius 2 is 2.38 bits per heavy atom. The number of nitrogens with zero attached hydrogens (tertiary/aromatic N) is 2. The summed E-state index contributed by atoms with van der Waals surface area (Å²) in [5.74, 6) is 1.28. The van der Waals surface area contributed by atoms with Gasteiger partial charge < -0.3 is 5.32 Å². The molecule has 0 unspecified atom stereocenters. The van der Waals surface area contributed by atoms with Gasteiger partial charge in [0.2, 0.25) is 5.82 Å². The van der Waals surface area contributed by atoms with Crippen LogP contribution in [0.5, 0.6) is 0 Å². The maximum atomic E-state index is 10.7. The van der Waals surface area contributed by atoms with E-state index in [-0.39, 0.29) is 5.69 Å². The van der Waals surface area contributed by atoms with Gasteiger partial charge in [0.05, 0.1) is 4.92 Å². The fraction of sp³-hybridized carbons (Fsp3) is 0.545. The summed E-state index contributed by atoms with van der Waals surface area (Å²) in [6, 6.07) is 3.05. The number of nitro groups is 1. The molecule has 1 aromatic rings. The van der Waals surface area contributed by atoms with Crippen LogP contribution in [0.2, 0.25) is 0 Å². The molecule has 1 aliphatic rings. The Balaban J connectivity index is 1.84. The lowest BCUT2D eigenvalue weighted by atomic mass is 10.2. The molecule has 2 rings (SSSR count). The Hall–Kier alpha value is -1.65. The molecule has 1 heterocycles. The Morgan fingerprint density at radius 3 is 3.06 bits per heavy atom. The fourth-order valence-corrected chi connectivity index (χ4v) is 1.68. The fourth-order valence-electron chi connectivity index (χ4n) is 1.68. The van der Waals surface area contributed by atoms with Crippen molar-refractivity contribution in [3.05, 3.63) is 28.4 Å². The van der Waals surface area contributed by atoms with Crippen molar-refractivity contribution >= 4 is 11.5 Å². The molecular weight excluding hydrogens is 206 g/mol. The van der Waals surface area contributed by atoms with Crippen LogP contribution in [0.25, 0.3) is 0 Å². The van der Waals surface area contributed by atoms with Crippen molar-refractivity contribution in [1.82, 2.24) is 4.98 Å². The molecule has 0 spiro atoms. The van der Waals surface area contributed by atoms with Gasteiger partial charge in [-0.2, -0.15) is 0 Å². The monoisotopic (exact) mass is 221 g/mol. The van der Waals surface area contributed by atoms with E-state index in [1.54, 1.807) is 12.3 Å². The normalized spacial score (nSPS) is 14.8. The summed E-state index contributed by atoms with van der Waals surface area (Å²) < 4.78 is 0. The smallest absolute Gasteiger partial charge is 0.311 e. The van der Waals surface area contributed by atoms with Crippen LogP contribution >= 0.6 is 0 Å². The van der Waals surface area contributed by atoms with E-state index in [9.17, 15) is 10.1 Å². The highest BCUT2D eigenvalue weighted by Crippen LogP contribution is 2.33. The van der Waals surface area contributed by atoms with Gasteiger partial charge in [-0.3, -0.25) is 10.1 Å². The lowest BCUT2D eigenvalue weighted by molar-refractivity contribution is -0.384. The SMILES string of the molecule is O=[N+]([O-])c1cccnc1NCCCC1CC1. The van der Waals surface area contributed by atoms with Gasteiger partial charge in [0.1, 0.15) is 0 Å². The molecule has 86 valence electrons. The Kier molecular flexibility index (Phi) is 3.34. The third-order valence-corrected chi connectivity index (χ3v) is 2.76. The van der Waals surface area contributed by atoms with Gasteiger partial charge in [0.15, 0.2) is 0 Å². The highest BCUT2D eigenvalue weighted by Gasteiger charge is 2.20. The van der Waals surface area contributed by atoms with Gasteiger partial charge in [-0.15, -0.1) is 0 Å². The zero-order valence-electron chi connectivity index (χ0n) is 9.06. The maximum Gasteiger partial charge on any atom is 0.311 e. The van der Waals surface area contributed by atoms with Crippen molar-refractivity contribution in [3.8, 4) is 0 Å². The summed E-state index contributed by atoms with van der Waals surface area (Å²) in [6.45, 7) is 0.758. The largest absolute Gasteiger partial charge is 0.364 e. The molecule has 1 N–H and O–H groups in total. The number of aromatic nitrogens is 1. The number of rotatable bonds is 6. The molecule has 0 bridgehead atoms. The van der Waals surface area contributed by atoms with E-state index in [1.165, 1.54) is 25.3 Å². The molecule has 0 atom stereocenters. The van der Waals surface area contributed by atoms with Gasteiger partial charge in [0, 0.05) is 18.8 Å². The lowest BCUT2D eigenvalue weighted by Gasteiger charge is -2.04. The van der Waals surface area contributed by atoms with Crippen molar-refractivity contribution in [2.24, 2.45) is 5.92 Å². The minimum absolute atomic E-state index is 0.0499. The predicted molar refractivity (Wildman–Crippen MR) is 61.3 cm³/mol. The molecular formula is C11H15N3O2. The van der Waals surface area contributed by atoms with Crippen LogP contribution in [-0.4, -0.2) is 16.5 Å². The van der Waals surface area contributed by atoms with Crippen molar-refractivity contribution in [3.63, 3.8) is 0 Å². The summed E-state index contributed by atoms with van der Waals surface area (Å²) in [5.41, 5.74) is 0.0499. The van der Waals surface area contributed by atoms with E-state index in [4.69, 9.17) is 0 Å². The van der Waals surface area contributed by atoms with Crippen LogP contribution in [0.1, 0.15) is 25.7 Å². The first-order chi connectivity index (χ1) is 7.77. The van der Waals surface area contributed by atoms with E-state index in [0.29, 0.717) is 5.82 Å². The predicted octanol–water partition coefficient (Wildman–Crippen LogP) is 2.59. The van der Waals surface area contributed by atoms with Crippen molar-refractivity contribution in [1.29, 1.82) is 0 Å². The van der Waals surface area contributed by atoms with E-state index in [2.05, 4.69) is 10.3 Å². The molecule has 1 saturated carbocycles. The van der Waals surface area contributed by atoms with Crippen molar-refractivity contribution in [2.75, 3.05) is 11.9 Å². The number of nitrogens with one attached hydrogen (secondary N) is 1. The number of pyridine rings is 1. The molecule has 5 nitrogen and oxygen atoms in total. The summed E-state index contributed by atoms with van der Waals surface area (Å²) in [7, 11) is 0. The second-order valence-electron chi connectivity index (χ2n) is 4.14. The van der Waals surface area contributed by atoms with Gasteiger partial charge in [-0.1, -0.05) is 12.8 Å². The van der Waals surface area contributed by atoms with Crippen LogP contribution in [0.3, 0.4) is 0 Å². The minimum Gasteiger partial charge on any atom is -0.364 e. The Morgan fingerprint density at radius 1 is 1.56 bits per heavy atom. The van der Waals surface area contributed by atoms with E-state index < -0.39 is 4.92 Å². The summed E-state index contributed by atoms with van der Waals surface area (Å²) in [4.78, 5) is 14.3. The Labute approximate surface area is 94.0 Å². The van der Waals surface area contributed by atoms with Gasteiger partial charge in [0.25, 0.3) is 0 Å². The maximum absolute atomic E-state index is 10.7. The van der Waals surface area contributed by atoms with Gasteiger partial charge in [-0.25, -0.2) is 4.98 Å². The molecule has 1 aliphatic carbocycles. The van der Waals surface area contributed by atoms with Crippen LogP contribution < -0.4 is 5.32 Å². The molecule has 0 aromatic carbocycles. The lowest BCUT2D eigenvalue weighted by Crippen LogP contribution is -2.06. The molecule has 16 heavy (non-hydrogen) atoms. The minimum atomic E-state index is -0.407. The topological polar surface area (TPSA) is 68.1 Å². The molecule has 1 aromatic heterocycles. The number of hydrogen-bond donors (Lipinski definition) is 1. The first-order valence-corrected chi connectivity index (χ1v) is 5.60. The van der Waals surface area contributed by atoms with E-state index in [0.717, 1.165) is 18.9 Å². The third-order valence-electron chi connectivity index (χ3n) is 2.76. The third kappa shape index (κ3) is 2.92. The second-order valence-corrected chi connectivity index (χ2v) is 4.14. The summed E-state index contributed by atoms with van der Waals surface area (Å²) in [5, 5.41) is 13.7. The Bertz CT molecular complexity index is 377. The standard InChI is InChI=1S/C11H15N3O2/c15-14(16)10-4-2-8-13-11(10)12-7-1-3-9-5-6-9/h2,4,8-9H,1,3,5-7H2,(H,12,13). The number of anilines is 1. The molecule has 5 heteroatoms. The quantitative estimate of drug-likeness (QED) is 0.455. The average molecular weight is 221 g/mol. The number of hydrogen-bond acceptors (Lipinski definition) is 4. The summed E-state index contributed by atoms with van der Waals surface area (Å²) in [6.07, 6.45) is 6.54. The average Bonchev–Trinajstić information content (AvgIpc) is 3.08. The highest BCUT2D eigenvalue weighted by atomic mass is 16.6. The van der Waals surface area contributed by atoms with Crippen LogP contribution in [0, 0.1) is 16.0 Å². The first-order valence-electron chi connectivity index (χ1n) is 5.60. The van der Waals surface area contributed by atoms with Crippen LogP contribution in [0.4, 0.5) is 11.5 Å². The van der Waals surface area contributed by atoms with Gasteiger partial charge in [-0.05, 0) is 24.8 Å². The second kappa shape index (κ2) is 4.92.